The zero-order valence-corrected chi connectivity index (χ0v) is 13.4. The number of hydrogen-bond donors (Lipinski definition) is 2. The van der Waals surface area contributed by atoms with Gasteiger partial charge < -0.3 is 10.4 Å². The summed E-state index contributed by atoms with van der Waals surface area (Å²) in [5.41, 5.74) is 1.80. The summed E-state index contributed by atoms with van der Waals surface area (Å²) in [6, 6.07) is 7.67. The first kappa shape index (κ1) is 14.9. The average molecular weight is 288 g/mol. The van der Waals surface area contributed by atoms with Crippen molar-refractivity contribution in [2.45, 2.75) is 63.6 Å². The molecule has 0 unspecified atom stereocenters. The molecule has 1 saturated carbocycles. The molecule has 21 heavy (non-hydrogen) atoms. The minimum atomic E-state index is 0.181. The predicted molar refractivity (Wildman–Crippen MR) is 86.4 cm³/mol. The molecule has 116 valence electrons. The van der Waals surface area contributed by atoms with Crippen molar-refractivity contribution in [1.82, 2.24) is 10.2 Å². The van der Waals surface area contributed by atoms with Gasteiger partial charge in [-0.05, 0) is 44.4 Å². The van der Waals surface area contributed by atoms with Gasteiger partial charge in [0.05, 0.1) is 0 Å². The summed E-state index contributed by atoms with van der Waals surface area (Å²) in [5, 5.41) is 13.3. The lowest BCUT2D eigenvalue weighted by molar-refractivity contribution is 0.00485. The summed E-state index contributed by atoms with van der Waals surface area (Å²) in [5.74, 6) is 0.349. The van der Waals surface area contributed by atoms with Gasteiger partial charge in [-0.15, -0.1) is 0 Å². The van der Waals surface area contributed by atoms with Crippen LogP contribution in [0.3, 0.4) is 0 Å². The van der Waals surface area contributed by atoms with E-state index in [0.29, 0.717) is 11.3 Å². The van der Waals surface area contributed by atoms with Crippen LogP contribution in [0.25, 0.3) is 0 Å². The normalized spacial score (nSPS) is 25.0. The molecular weight excluding hydrogens is 260 g/mol. The van der Waals surface area contributed by atoms with Gasteiger partial charge >= 0.3 is 0 Å². The van der Waals surface area contributed by atoms with Gasteiger partial charge in [-0.2, -0.15) is 0 Å². The van der Waals surface area contributed by atoms with Crippen molar-refractivity contribution >= 4 is 0 Å². The Morgan fingerprint density at radius 3 is 2.43 bits per heavy atom. The van der Waals surface area contributed by atoms with Crippen molar-refractivity contribution in [2.75, 3.05) is 13.1 Å². The van der Waals surface area contributed by atoms with Crippen LogP contribution in [0.4, 0.5) is 0 Å². The van der Waals surface area contributed by atoms with Gasteiger partial charge in [0.15, 0.2) is 0 Å². The van der Waals surface area contributed by atoms with Crippen molar-refractivity contribution in [3.8, 4) is 5.75 Å². The van der Waals surface area contributed by atoms with E-state index in [2.05, 4.69) is 24.1 Å². The summed E-state index contributed by atoms with van der Waals surface area (Å²) in [6.07, 6.45) is 6.75. The summed E-state index contributed by atoms with van der Waals surface area (Å²) >= 11 is 0. The second-order valence-electron chi connectivity index (χ2n) is 7.53. The number of aromatic hydroxyl groups is 1. The van der Waals surface area contributed by atoms with E-state index in [0.717, 1.165) is 19.6 Å². The molecule has 2 N–H and O–H groups in total. The van der Waals surface area contributed by atoms with Gasteiger partial charge in [-0.1, -0.05) is 31.4 Å². The van der Waals surface area contributed by atoms with Crippen LogP contribution >= 0.6 is 0 Å². The first-order valence-electron chi connectivity index (χ1n) is 8.27. The highest BCUT2D eigenvalue weighted by Crippen LogP contribution is 2.35. The molecular formula is C18H28N2O. The fraction of sp³-hybridized carbons (Fsp3) is 0.667. The number of piperazine rings is 1. The maximum absolute atomic E-state index is 9.44. The topological polar surface area (TPSA) is 35.5 Å². The van der Waals surface area contributed by atoms with Gasteiger partial charge in [-0.25, -0.2) is 0 Å². The molecule has 1 heterocycles. The molecule has 3 rings (SSSR count). The standard InChI is InChI=1S/C18H28N2O/c1-17(2)13-19-18(10-4-3-5-11-18)14-20(17)12-15-6-8-16(21)9-7-15/h6-9,19,21H,3-5,10-14H2,1-2H3. The van der Waals surface area contributed by atoms with E-state index >= 15 is 0 Å². The maximum Gasteiger partial charge on any atom is 0.115 e. The monoisotopic (exact) mass is 288 g/mol. The lowest BCUT2D eigenvalue weighted by atomic mass is 9.77. The summed E-state index contributed by atoms with van der Waals surface area (Å²) in [4.78, 5) is 2.63. The lowest BCUT2D eigenvalue weighted by Gasteiger charge is -2.53. The molecule has 1 aromatic carbocycles. The quantitative estimate of drug-likeness (QED) is 0.876. The van der Waals surface area contributed by atoms with E-state index in [9.17, 15) is 5.11 Å². The van der Waals surface area contributed by atoms with Crippen LogP contribution in [-0.4, -0.2) is 34.2 Å². The second-order valence-corrected chi connectivity index (χ2v) is 7.53. The second kappa shape index (κ2) is 5.62. The van der Waals surface area contributed by atoms with E-state index in [1.165, 1.54) is 37.7 Å². The Hall–Kier alpha value is -1.06. The van der Waals surface area contributed by atoms with E-state index in [-0.39, 0.29) is 5.54 Å². The minimum absolute atomic E-state index is 0.181. The number of rotatable bonds is 2. The molecule has 1 saturated heterocycles. The number of hydrogen-bond acceptors (Lipinski definition) is 3. The Bertz CT molecular complexity index is 474. The molecule has 1 spiro atoms. The summed E-state index contributed by atoms with van der Waals surface area (Å²) in [6.45, 7) is 7.83. The van der Waals surface area contributed by atoms with Crippen molar-refractivity contribution in [2.24, 2.45) is 0 Å². The molecule has 2 aliphatic rings. The molecule has 3 heteroatoms. The molecule has 1 aliphatic heterocycles. The number of phenols is 1. The Morgan fingerprint density at radius 1 is 1.10 bits per heavy atom. The lowest BCUT2D eigenvalue weighted by Crippen LogP contribution is -2.68. The van der Waals surface area contributed by atoms with Crippen LogP contribution in [0.5, 0.6) is 5.75 Å². The number of benzene rings is 1. The third-order valence-corrected chi connectivity index (χ3v) is 5.37. The Labute approximate surface area is 128 Å². The van der Waals surface area contributed by atoms with E-state index in [4.69, 9.17) is 0 Å². The third kappa shape index (κ3) is 3.24. The van der Waals surface area contributed by atoms with Gasteiger partial charge in [0.25, 0.3) is 0 Å². The zero-order valence-electron chi connectivity index (χ0n) is 13.4. The van der Waals surface area contributed by atoms with Crippen molar-refractivity contribution in [3.05, 3.63) is 29.8 Å². The average Bonchev–Trinajstić information content (AvgIpc) is 2.47. The smallest absolute Gasteiger partial charge is 0.115 e. The van der Waals surface area contributed by atoms with Crippen molar-refractivity contribution < 1.29 is 5.11 Å². The summed E-state index contributed by atoms with van der Waals surface area (Å²) in [7, 11) is 0. The molecule has 0 bridgehead atoms. The van der Waals surface area contributed by atoms with Crippen molar-refractivity contribution in [1.29, 1.82) is 0 Å². The molecule has 0 aromatic heterocycles. The SMILES string of the molecule is CC1(C)CNC2(CCCCC2)CN1Cc1ccc(O)cc1. The highest BCUT2D eigenvalue weighted by molar-refractivity contribution is 5.26. The Morgan fingerprint density at radius 2 is 1.76 bits per heavy atom. The molecule has 3 nitrogen and oxygen atoms in total. The molecule has 1 aromatic rings. The van der Waals surface area contributed by atoms with Gasteiger partial charge in [0.2, 0.25) is 0 Å². The number of nitrogens with one attached hydrogen (secondary N) is 1. The zero-order chi connectivity index (χ0) is 14.9. The van der Waals surface area contributed by atoms with Crippen molar-refractivity contribution in [3.63, 3.8) is 0 Å². The third-order valence-electron chi connectivity index (χ3n) is 5.37. The molecule has 0 radical (unpaired) electrons. The Kier molecular flexibility index (Phi) is 3.98. The first-order valence-corrected chi connectivity index (χ1v) is 8.27. The molecule has 0 atom stereocenters. The fourth-order valence-corrected chi connectivity index (χ4v) is 3.81. The molecule has 0 amide bonds. The Balaban J connectivity index is 1.75. The van der Waals surface area contributed by atoms with E-state index in [1.54, 1.807) is 12.1 Å². The van der Waals surface area contributed by atoms with Crippen LogP contribution in [0.1, 0.15) is 51.5 Å². The fourth-order valence-electron chi connectivity index (χ4n) is 3.81. The van der Waals surface area contributed by atoms with Gasteiger partial charge in [0.1, 0.15) is 5.75 Å². The summed E-state index contributed by atoms with van der Waals surface area (Å²) < 4.78 is 0. The number of phenolic OH excluding ortho intramolecular Hbond substituents is 1. The largest absolute Gasteiger partial charge is 0.508 e. The molecule has 1 aliphatic carbocycles. The highest BCUT2D eigenvalue weighted by atomic mass is 16.3. The number of nitrogens with zero attached hydrogens (tertiary/aromatic N) is 1. The van der Waals surface area contributed by atoms with Gasteiger partial charge in [0, 0.05) is 30.7 Å². The van der Waals surface area contributed by atoms with Gasteiger partial charge in [-0.3, -0.25) is 4.90 Å². The van der Waals surface area contributed by atoms with Crippen LogP contribution < -0.4 is 5.32 Å². The van der Waals surface area contributed by atoms with E-state index in [1.807, 2.05) is 12.1 Å². The molecule has 2 fully saturated rings. The van der Waals surface area contributed by atoms with Crippen LogP contribution in [0, 0.1) is 0 Å². The maximum atomic E-state index is 9.44. The first-order chi connectivity index (χ1) is 9.99. The minimum Gasteiger partial charge on any atom is -0.508 e. The highest BCUT2D eigenvalue weighted by Gasteiger charge is 2.42. The van der Waals surface area contributed by atoms with Crippen LogP contribution in [-0.2, 0) is 6.54 Å². The predicted octanol–water partition coefficient (Wildman–Crippen LogP) is 3.28. The van der Waals surface area contributed by atoms with Crippen LogP contribution in [0.2, 0.25) is 0 Å². The van der Waals surface area contributed by atoms with E-state index < -0.39 is 0 Å². The van der Waals surface area contributed by atoms with Crippen LogP contribution in [0.15, 0.2) is 24.3 Å².